The van der Waals surface area contributed by atoms with Crippen molar-refractivity contribution < 1.29 is 8.78 Å². The smallest absolute Gasteiger partial charge is 0.164 e. The van der Waals surface area contributed by atoms with Crippen molar-refractivity contribution in [3.63, 3.8) is 0 Å². The van der Waals surface area contributed by atoms with Gasteiger partial charge >= 0.3 is 0 Å². The van der Waals surface area contributed by atoms with Crippen LogP contribution in [0.2, 0.25) is 0 Å². The third kappa shape index (κ3) is 2.38. The summed E-state index contributed by atoms with van der Waals surface area (Å²) in [5.74, 6) is -1.28. The van der Waals surface area contributed by atoms with E-state index in [9.17, 15) is 8.78 Å². The standard InChI is InChI=1S/C15H12ClF2N3/c1-8-3-6-13-15(19-8)21(14(20-13)9(2)16)10-4-5-11(17)12(18)7-10/h3-7,9H,1-2H3. The number of halogens is 3. The largest absolute Gasteiger partial charge is 0.279 e. The molecule has 21 heavy (non-hydrogen) atoms. The Kier molecular flexibility index (Phi) is 3.37. The van der Waals surface area contributed by atoms with E-state index in [0.29, 0.717) is 22.7 Å². The highest BCUT2D eigenvalue weighted by molar-refractivity contribution is 6.20. The number of imidazole rings is 1. The van der Waals surface area contributed by atoms with Gasteiger partial charge in [-0.1, -0.05) is 0 Å². The molecule has 0 saturated heterocycles. The molecule has 0 fully saturated rings. The summed E-state index contributed by atoms with van der Waals surface area (Å²) < 4.78 is 28.3. The summed E-state index contributed by atoms with van der Waals surface area (Å²) in [5, 5.41) is -0.396. The third-order valence-corrected chi connectivity index (χ3v) is 3.38. The van der Waals surface area contributed by atoms with E-state index < -0.39 is 17.0 Å². The number of rotatable bonds is 2. The molecule has 0 aliphatic heterocycles. The normalized spacial score (nSPS) is 12.8. The van der Waals surface area contributed by atoms with Crippen molar-refractivity contribution in [3.8, 4) is 5.69 Å². The highest BCUT2D eigenvalue weighted by Crippen LogP contribution is 2.28. The second-order valence-corrected chi connectivity index (χ2v) is 5.47. The van der Waals surface area contributed by atoms with Gasteiger partial charge < -0.3 is 0 Å². The Labute approximate surface area is 125 Å². The number of nitrogens with zero attached hydrogens (tertiary/aromatic N) is 3. The summed E-state index contributed by atoms with van der Waals surface area (Å²) in [6, 6.07) is 7.34. The first-order valence-electron chi connectivity index (χ1n) is 6.43. The minimum atomic E-state index is -0.921. The number of aryl methyl sites for hydroxylation is 1. The van der Waals surface area contributed by atoms with Gasteiger partial charge in [0, 0.05) is 11.8 Å². The molecule has 2 heterocycles. The first kappa shape index (κ1) is 13.9. The zero-order valence-corrected chi connectivity index (χ0v) is 12.2. The molecule has 0 amide bonds. The van der Waals surface area contributed by atoms with Gasteiger partial charge in [-0.15, -0.1) is 11.6 Å². The van der Waals surface area contributed by atoms with E-state index in [1.54, 1.807) is 11.5 Å². The Balaban J connectivity index is 2.35. The fraction of sp³-hybridized carbons (Fsp3) is 0.200. The third-order valence-electron chi connectivity index (χ3n) is 3.19. The van der Waals surface area contributed by atoms with Crippen LogP contribution in [0.5, 0.6) is 0 Å². The van der Waals surface area contributed by atoms with Gasteiger partial charge in [-0.25, -0.2) is 18.7 Å². The van der Waals surface area contributed by atoms with E-state index in [0.717, 1.165) is 17.8 Å². The van der Waals surface area contributed by atoms with Crippen molar-refractivity contribution >= 4 is 22.8 Å². The topological polar surface area (TPSA) is 30.7 Å². The lowest BCUT2D eigenvalue weighted by molar-refractivity contribution is 0.508. The molecular formula is C15H12ClF2N3. The van der Waals surface area contributed by atoms with Gasteiger partial charge in [-0.2, -0.15) is 0 Å². The van der Waals surface area contributed by atoms with Gasteiger partial charge in [0.2, 0.25) is 0 Å². The maximum absolute atomic E-state index is 13.5. The van der Waals surface area contributed by atoms with Gasteiger partial charge in [-0.05, 0) is 38.1 Å². The van der Waals surface area contributed by atoms with Crippen molar-refractivity contribution in [3.05, 3.63) is 53.5 Å². The van der Waals surface area contributed by atoms with E-state index in [4.69, 9.17) is 11.6 Å². The van der Waals surface area contributed by atoms with Crippen LogP contribution in [0.15, 0.2) is 30.3 Å². The number of pyridine rings is 1. The van der Waals surface area contributed by atoms with E-state index in [1.807, 2.05) is 19.1 Å². The fourth-order valence-electron chi connectivity index (χ4n) is 2.21. The van der Waals surface area contributed by atoms with E-state index in [2.05, 4.69) is 9.97 Å². The minimum Gasteiger partial charge on any atom is -0.279 e. The zero-order valence-electron chi connectivity index (χ0n) is 11.4. The first-order chi connectivity index (χ1) is 9.97. The molecule has 1 aromatic carbocycles. The molecule has 0 bridgehead atoms. The Morgan fingerprint density at radius 3 is 2.52 bits per heavy atom. The van der Waals surface area contributed by atoms with E-state index in [1.165, 1.54) is 6.07 Å². The predicted molar refractivity (Wildman–Crippen MR) is 77.8 cm³/mol. The molecule has 0 spiro atoms. The average molecular weight is 308 g/mol. The molecule has 0 aliphatic carbocycles. The second-order valence-electron chi connectivity index (χ2n) is 4.82. The van der Waals surface area contributed by atoms with Crippen LogP contribution in [0.3, 0.4) is 0 Å². The minimum absolute atomic E-state index is 0.396. The summed E-state index contributed by atoms with van der Waals surface area (Å²) in [4.78, 5) is 8.87. The summed E-state index contributed by atoms with van der Waals surface area (Å²) >= 11 is 6.16. The van der Waals surface area contributed by atoms with Crippen LogP contribution >= 0.6 is 11.6 Å². The SMILES string of the molecule is Cc1ccc2nc(C(C)Cl)n(-c3ccc(F)c(F)c3)c2n1. The van der Waals surface area contributed by atoms with E-state index in [-0.39, 0.29) is 0 Å². The number of aromatic nitrogens is 3. The van der Waals surface area contributed by atoms with Crippen LogP contribution in [-0.2, 0) is 0 Å². The molecule has 1 atom stereocenters. The van der Waals surface area contributed by atoms with Crippen LogP contribution < -0.4 is 0 Å². The van der Waals surface area contributed by atoms with Crippen LogP contribution in [0, 0.1) is 18.6 Å². The maximum atomic E-state index is 13.5. The predicted octanol–water partition coefficient (Wildman–Crippen LogP) is 4.31. The summed E-state index contributed by atoms with van der Waals surface area (Å²) in [6.07, 6.45) is 0. The van der Waals surface area contributed by atoms with Gasteiger partial charge in [-0.3, -0.25) is 4.57 Å². The molecule has 3 rings (SSSR count). The average Bonchev–Trinajstić information content (AvgIpc) is 2.80. The Morgan fingerprint density at radius 1 is 1.10 bits per heavy atom. The first-order valence-corrected chi connectivity index (χ1v) is 6.86. The molecule has 1 unspecified atom stereocenters. The van der Waals surface area contributed by atoms with Gasteiger partial charge in [0.05, 0.1) is 11.1 Å². The Hall–Kier alpha value is -2.01. The number of alkyl halides is 1. The Bertz CT molecular complexity index is 827. The van der Waals surface area contributed by atoms with Crippen LogP contribution in [-0.4, -0.2) is 14.5 Å². The monoisotopic (exact) mass is 307 g/mol. The maximum Gasteiger partial charge on any atom is 0.164 e. The number of hydrogen-bond acceptors (Lipinski definition) is 2. The zero-order chi connectivity index (χ0) is 15.1. The summed E-state index contributed by atoms with van der Waals surface area (Å²) in [7, 11) is 0. The molecule has 0 saturated carbocycles. The van der Waals surface area contributed by atoms with Gasteiger partial charge in [0.15, 0.2) is 17.3 Å². The van der Waals surface area contributed by atoms with E-state index >= 15 is 0 Å². The highest BCUT2D eigenvalue weighted by atomic mass is 35.5. The molecule has 0 N–H and O–H groups in total. The van der Waals surface area contributed by atoms with Crippen molar-refractivity contribution in [2.75, 3.05) is 0 Å². The van der Waals surface area contributed by atoms with Crippen LogP contribution in [0.25, 0.3) is 16.9 Å². The lowest BCUT2D eigenvalue weighted by atomic mass is 10.3. The molecule has 2 aromatic heterocycles. The molecular weight excluding hydrogens is 296 g/mol. The lowest BCUT2D eigenvalue weighted by Gasteiger charge is -2.10. The second kappa shape index (κ2) is 5.07. The lowest BCUT2D eigenvalue weighted by Crippen LogP contribution is -2.04. The molecule has 0 radical (unpaired) electrons. The van der Waals surface area contributed by atoms with Crippen molar-refractivity contribution in [1.29, 1.82) is 0 Å². The van der Waals surface area contributed by atoms with Crippen molar-refractivity contribution in [2.45, 2.75) is 19.2 Å². The highest BCUT2D eigenvalue weighted by Gasteiger charge is 2.18. The Morgan fingerprint density at radius 2 is 1.86 bits per heavy atom. The van der Waals surface area contributed by atoms with Gasteiger partial charge in [0.25, 0.3) is 0 Å². The number of fused-ring (bicyclic) bond motifs is 1. The quantitative estimate of drug-likeness (QED) is 0.661. The van der Waals surface area contributed by atoms with Crippen molar-refractivity contribution in [1.82, 2.24) is 14.5 Å². The fourth-order valence-corrected chi connectivity index (χ4v) is 2.36. The van der Waals surface area contributed by atoms with Crippen molar-refractivity contribution in [2.24, 2.45) is 0 Å². The number of benzene rings is 1. The van der Waals surface area contributed by atoms with Crippen LogP contribution in [0.4, 0.5) is 8.78 Å². The molecule has 3 aromatic rings. The molecule has 3 nitrogen and oxygen atoms in total. The summed E-state index contributed by atoms with van der Waals surface area (Å²) in [6.45, 7) is 3.62. The molecule has 0 aliphatic rings. The molecule has 6 heteroatoms. The van der Waals surface area contributed by atoms with Gasteiger partial charge in [0.1, 0.15) is 11.3 Å². The summed E-state index contributed by atoms with van der Waals surface area (Å²) in [5.41, 5.74) is 2.48. The number of hydrogen-bond donors (Lipinski definition) is 0. The van der Waals surface area contributed by atoms with Crippen LogP contribution in [0.1, 0.15) is 23.8 Å². The molecule has 108 valence electrons.